The van der Waals surface area contributed by atoms with Crippen LogP contribution in [0.4, 0.5) is 5.82 Å². The SMILES string of the molecule is Cc1cc(Cn2nc(N)ccc2=O)n(C)n1. The van der Waals surface area contributed by atoms with Crippen LogP contribution in [-0.2, 0) is 13.6 Å². The molecule has 2 heterocycles. The molecule has 0 bridgehead atoms. The fourth-order valence-corrected chi connectivity index (χ4v) is 1.54. The van der Waals surface area contributed by atoms with Crippen molar-refractivity contribution in [2.45, 2.75) is 13.5 Å². The maximum Gasteiger partial charge on any atom is 0.267 e. The van der Waals surface area contributed by atoms with Crippen molar-refractivity contribution in [3.05, 3.63) is 39.9 Å². The molecule has 2 aromatic heterocycles. The number of hydrogen-bond acceptors (Lipinski definition) is 4. The average molecular weight is 219 g/mol. The second-order valence-corrected chi connectivity index (χ2v) is 3.65. The zero-order valence-electron chi connectivity index (χ0n) is 9.21. The molecule has 2 rings (SSSR count). The Bertz CT molecular complexity index is 569. The van der Waals surface area contributed by atoms with Gasteiger partial charge < -0.3 is 5.73 Å². The highest BCUT2D eigenvalue weighted by atomic mass is 16.1. The van der Waals surface area contributed by atoms with Crippen LogP contribution in [-0.4, -0.2) is 19.6 Å². The Labute approximate surface area is 92.3 Å². The number of nitrogens with two attached hydrogens (primary N) is 1. The lowest BCUT2D eigenvalue weighted by Crippen LogP contribution is -2.24. The summed E-state index contributed by atoms with van der Waals surface area (Å²) in [6.45, 7) is 2.28. The Morgan fingerprint density at radius 1 is 1.38 bits per heavy atom. The van der Waals surface area contributed by atoms with Crippen LogP contribution in [0.5, 0.6) is 0 Å². The summed E-state index contributed by atoms with van der Waals surface area (Å²) in [4.78, 5) is 11.5. The number of rotatable bonds is 2. The van der Waals surface area contributed by atoms with E-state index in [1.54, 1.807) is 4.68 Å². The molecule has 0 saturated carbocycles. The van der Waals surface area contributed by atoms with Gasteiger partial charge in [-0.25, -0.2) is 4.68 Å². The molecule has 0 aromatic carbocycles. The summed E-state index contributed by atoms with van der Waals surface area (Å²) in [5.41, 5.74) is 7.18. The predicted octanol–water partition coefficient (Wildman–Crippen LogP) is -0.0843. The van der Waals surface area contributed by atoms with Crippen LogP contribution in [0.2, 0.25) is 0 Å². The van der Waals surface area contributed by atoms with Crippen LogP contribution in [0.15, 0.2) is 23.0 Å². The third-order valence-corrected chi connectivity index (χ3v) is 2.30. The molecule has 6 nitrogen and oxygen atoms in total. The molecule has 0 unspecified atom stereocenters. The molecule has 0 spiro atoms. The van der Waals surface area contributed by atoms with E-state index >= 15 is 0 Å². The van der Waals surface area contributed by atoms with Crippen molar-refractivity contribution in [2.75, 3.05) is 5.73 Å². The Kier molecular flexibility index (Phi) is 2.47. The van der Waals surface area contributed by atoms with Crippen molar-refractivity contribution in [3.63, 3.8) is 0 Å². The van der Waals surface area contributed by atoms with Gasteiger partial charge in [-0.05, 0) is 19.1 Å². The summed E-state index contributed by atoms with van der Waals surface area (Å²) in [6.07, 6.45) is 0. The van der Waals surface area contributed by atoms with E-state index in [-0.39, 0.29) is 5.56 Å². The Balaban J connectivity index is 2.37. The Morgan fingerprint density at radius 2 is 2.12 bits per heavy atom. The van der Waals surface area contributed by atoms with Crippen LogP contribution in [0, 0.1) is 6.92 Å². The minimum atomic E-state index is -0.173. The summed E-state index contributed by atoms with van der Waals surface area (Å²) in [6, 6.07) is 4.82. The van der Waals surface area contributed by atoms with Gasteiger partial charge in [0.2, 0.25) is 0 Å². The fourth-order valence-electron chi connectivity index (χ4n) is 1.54. The first kappa shape index (κ1) is 10.4. The van der Waals surface area contributed by atoms with E-state index in [2.05, 4.69) is 10.2 Å². The third-order valence-electron chi connectivity index (χ3n) is 2.30. The quantitative estimate of drug-likeness (QED) is 0.766. The van der Waals surface area contributed by atoms with Gasteiger partial charge in [0.1, 0.15) is 5.82 Å². The highest BCUT2D eigenvalue weighted by Crippen LogP contribution is 2.02. The smallest absolute Gasteiger partial charge is 0.267 e. The van der Waals surface area contributed by atoms with Crippen molar-refractivity contribution >= 4 is 5.82 Å². The summed E-state index contributed by atoms with van der Waals surface area (Å²) in [5.74, 6) is 0.332. The summed E-state index contributed by atoms with van der Waals surface area (Å²) < 4.78 is 3.05. The van der Waals surface area contributed by atoms with Crippen LogP contribution in [0.1, 0.15) is 11.4 Å². The van der Waals surface area contributed by atoms with E-state index in [9.17, 15) is 4.79 Å². The zero-order chi connectivity index (χ0) is 11.7. The maximum absolute atomic E-state index is 11.5. The molecule has 6 heteroatoms. The van der Waals surface area contributed by atoms with Gasteiger partial charge in [0.05, 0.1) is 17.9 Å². The van der Waals surface area contributed by atoms with Crippen molar-refractivity contribution in [1.82, 2.24) is 19.6 Å². The highest BCUT2D eigenvalue weighted by Gasteiger charge is 2.05. The second kappa shape index (κ2) is 3.80. The van der Waals surface area contributed by atoms with Gasteiger partial charge in [0.25, 0.3) is 5.56 Å². The molecular formula is C10H13N5O. The van der Waals surface area contributed by atoms with Crippen LogP contribution >= 0.6 is 0 Å². The van der Waals surface area contributed by atoms with Gasteiger partial charge in [-0.15, -0.1) is 0 Å². The first-order valence-corrected chi connectivity index (χ1v) is 4.89. The van der Waals surface area contributed by atoms with E-state index in [0.717, 1.165) is 11.4 Å². The van der Waals surface area contributed by atoms with Crippen LogP contribution in [0.25, 0.3) is 0 Å². The first-order valence-electron chi connectivity index (χ1n) is 4.89. The zero-order valence-corrected chi connectivity index (χ0v) is 9.21. The number of hydrogen-bond donors (Lipinski definition) is 1. The standard InChI is InChI=1S/C10H13N5O/c1-7-5-8(14(2)12-7)6-15-10(16)4-3-9(11)13-15/h3-5H,6H2,1-2H3,(H2,11,13). The first-order chi connectivity index (χ1) is 7.56. The lowest BCUT2D eigenvalue weighted by atomic mass is 10.3. The normalized spacial score (nSPS) is 10.6. The van der Waals surface area contributed by atoms with Crippen molar-refractivity contribution in [1.29, 1.82) is 0 Å². The minimum absolute atomic E-state index is 0.173. The molecule has 0 atom stereocenters. The van der Waals surface area contributed by atoms with Gasteiger partial charge in [-0.1, -0.05) is 0 Å². The van der Waals surface area contributed by atoms with Crippen LogP contribution < -0.4 is 11.3 Å². The summed E-state index contributed by atoms with van der Waals surface area (Å²) >= 11 is 0. The van der Waals surface area contributed by atoms with Crippen molar-refractivity contribution < 1.29 is 0 Å². The molecule has 0 aliphatic carbocycles. The van der Waals surface area contributed by atoms with Crippen LogP contribution in [0.3, 0.4) is 0 Å². The third kappa shape index (κ3) is 1.95. The van der Waals surface area contributed by atoms with Gasteiger partial charge in [0, 0.05) is 13.1 Å². The van der Waals surface area contributed by atoms with Gasteiger partial charge in [0.15, 0.2) is 0 Å². The molecule has 0 saturated heterocycles. The molecule has 2 N–H and O–H groups in total. The van der Waals surface area contributed by atoms with E-state index in [1.165, 1.54) is 16.8 Å². The molecular weight excluding hydrogens is 206 g/mol. The molecule has 2 aromatic rings. The van der Waals surface area contributed by atoms with Crippen molar-refractivity contribution in [2.24, 2.45) is 7.05 Å². The number of anilines is 1. The molecule has 84 valence electrons. The van der Waals surface area contributed by atoms with Crippen molar-refractivity contribution in [3.8, 4) is 0 Å². The minimum Gasteiger partial charge on any atom is -0.382 e. The number of aryl methyl sites for hydroxylation is 2. The number of aromatic nitrogens is 4. The predicted molar refractivity (Wildman–Crippen MR) is 60.0 cm³/mol. The summed E-state index contributed by atoms with van der Waals surface area (Å²) in [7, 11) is 1.83. The van der Waals surface area contributed by atoms with Gasteiger partial charge in [-0.3, -0.25) is 9.48 Å². The lowest BCUT2D eigenvalue weighted by Gasteiger charge is -2.04. The molecule has 0 amide bonds. The van der Waals surface area contributed by atoms with E-state index < -0.39 is 0 Å². The molecule has 16 heavy (non-hydrogen) atoms. The maximum atomic E-state index is 11.5. The van der Waals surface area contributed by atoms with Gasteiger partial charge >= 0.3 is 0 Å². The number of nitrogen functional groups attached to an aromatic ring is 1. The molecule has 0 aliphatic rings. The Hall–Kier alpha value is -2.11. The van der Waals surface area contributed by atoms with E-state index in [0.29, 0.717) is 12.4 Å². The monoisotopic (exact) mass is 219 g/mol. The Morgan fingerprint density at radius 3 is 2.75 bits per heavy atom. The molecule has 0 fully saturated rings. The second-order valence-electron chi connectivity index (χ2n) is 3.65. The average Bonchev–Trinajstić information content (AvgIpc) is 2.51. The van der Waals surface area contributed by atoms with Gasteiger partial charge in [-0.2, -0.15) is 10.2 Å². The van der Waals surface area contributed by atoms with E-state index in [1.807, 2.05) is 20.0 Å². The lowest BCUT2D eigenvalue weighted by molar-refractivity contribution is 0.594. The largest absolute Gasteiger partial charge is 0.382 e. The molecule has 0 radical (unpaired) electrons. The summed E-state index contributed by atoms with van der Waals surface area (Å²) in [5, 5.41) is 8.16. The highest BCUT2D eigenvalue weighted by molar-refractivity contribution is 5.23. The number of nitrogens with zero attached hydrogens (tertiary/aromatic N) is 4. The van der Waals surface area contributed by atoms with E-state index in [4.69, 9.17) is 5.73 Å². The fraction of sp³-hybridized carbons (Fsp3) is 0.300. The molecule has 0 aliphatic heterocycles. The topological polar surface area (TPSA) is 78.7 Å².